The molecule has 1 aliphatic rings. The molecule has 3 aromatic rings. The Morgan fingerprint density at radius 1 is 1.25 bits per heavy atom. The predicted molar refractivity (Wildman–Crippen MR) is 85.7 cm³/mol. The number of aromatic nitrogens is 2. The first-order valence-corrected chi connectivity index (χ1v) is 7.84. The minimum Gasteiger partial charge on any atom is -0.460 e. The fourth-order valence-corrected chi connectivity index (χ4v) is 2.96. The summed E-state index contributed by atoms with van der Waals surface area (Å²) in [6, 6.07) is 12.8. The van der Waals surface area contributed by atoms with Crippen LogP contribution in [0.3, 0.4) is 0 Å². The van der Waals surface area contributed by atoms with Crippen LogP contribution in [-0.4, -0.2) is 4.57 Å². The van der Waals surface area contributed by atoms with Crippen LogP contribution in [0, 0.1) is 5.82 Å². The van der Waals surface area contributed by atoms with Crippen LogP contribution in [0.5, 0.6) is 5.75 Å². The van der Waals surface area contributed by atoms with Gasteiger partial charge >= 0.3 is 0 Å². The van der Waals surface area contributed by atoms with Crippen LogP contribution in [0.15, 0.2) is 61.2 Å². The second-order valence-corrected chi connectivity index (χ2v) is 5.98. The molecule has 0 unspecified atom stereocenters. The lowest BCUT2D eigenvalue weighted by molar-refractivity contribution is -0.671. The third-order valence-electron chi connectivity index (χ3n) is 4.07. The molecule has 2 heterocycles. The lowest BCUT2D eigenvalue weighted by Gasteiger charge is -2.28. The van der Waals surface area contributed by atoms with Gasteiger partial charge in [0.25, 0.3) is 0 Å². The molecule has 1 atom stereocenters. The van der Waals surface area contributed by atoms with Gasteiger partial charge in [-0.25, -0.2) is 13.5 Å². The van der Waals surface area contributed by atoms with Crippen molar-refractivity contribution in [2.45, 2.75) is 19.4 Å². The molecular weight excluding hydrogens is 307 g/mol. The number of benzene rings is 2. The van der Waals surface area contributed by atoms with Crippen molar-refractivity contribution < 1.29 is 18.4 Å². The maximum absolute atomic E-state index is 14.0. The van der Waals surface area contributed by atoms with E-state index < -0.39 is 6.29 Å². The van der Waals surface area contributed by atoms with Crippen molar-refractivity contribution >= 4 is 0 Å². The predicted octanol–water partition coefficient (Wildman–Crippen LogP) is 3.11. The summed E-state index contributed by atoms with van der Waals surface area (Å²) in [5.41, 5.74) is 2.50. The molecule has 0 amide bonds. The van der Waals surface area contributed by atoms with E-state index in [1.807, 2.05) is 65.2 Å². The van der Waals surface area contributed by atoms with Crippen molar-refractivity contribution in [2.24, 2.45) is 7.05 Å². The Kier molecular flexibility index (Phi) is 3.78. The number of hydrogen-bond acceptors (Lipinski definition) is 2. The van der Waals surface area contributed by atoms with Gasteiger partial charge in [0.1, 0.15) is 30.5 Å². The van der Waals surface area contributed by atoms with Gasteiger partial charge in [-0.15, -0.1) is 0 Å². The maximum Gasteiger partial charge on any atom is 0.243 e. The summed E-state index contributed by atoms with van der Waals surface area (Å²) in [6.45, 7) is 0.877. The quantitative estimate of drug-likeness (QED) is 0.692. The first-order chi connectivity index (χ1) is 11.7. The molecule has 0 saturated heterocycles. The molecule has 0 aliphatic carbocycles. The topological polar surface area (TPSA) is 27.3 Å². The van der Waals surface area contributed by atoms with Crippen LogP contribution in [0.25, 0.3) is 0 Å². The van der Waals surface area contributed by atoms with Gasteiger partial charge in [-0.1, -0.05) is 30.3 Å². The molecule has 2 aromatic carbocycles. The van der Waals surface area contributed by atoms with E-state index in [9.17, 15) is 4.39 Å². The molecule has 122 valence electrons. The molecule has 5 heteroatoms. The zero-order valence-electron chi connectivity index (χ0n) is 13.4. The molecule has 1 aromatic heterocycles. The number of imidazole rings is 1. The molecule has 4 rings (SSSR count). The van der Waals surface area contributed by atoms with Gasteiger partial charge in [-0.2, -0.15) is 0 Å². The van der Waals surface area contributed by atoms with E-state index in [1.54, 1.807) is 0 Å². The Bertz CT molecular complexity index is 861. The van der Waals surface area contributed by atoms with E-state index in [4.69, 9.17) is 9.47 Å². The van der Waals surface area contributed by atoms with Gasteiger partial charge in [-0.05, 0) is 12.1 Å². The van der Waals surface area contributed by atoms with E-state index >= 15 is 0 Å². The highest BCUT2D eigenvalue weighted by Gasteiger charge is 2.25. The number of aryl methyl sites for hydroxylation is 1. The lowest BCUT2D eigenvalue weighted by Crippen LogP contribution is -2.24. The SMILES string of the molecule is C[n+]1ccn(Cc2cc(F)cc3c2O[C@@H](c2ccccc2)OC3)c1. The van der Waals surface area contributed by atoms with Gasteiger partial charge in [-0.3, -0.25) is 0 Å². The molecule has 0 spiro atoms. The zero-order chi connectivity index (χ0) is 16.5. The molecule has 4 nitrogen and oxygen atoms in total. The third kappa shape index (κ3) is 2.90. The van der Waals surface area contributed by atoms with Crippen LogP contribution in [0.4, 0.5) is 4.39 Å². The lowest BCUT2D eigenvalue weighted by atomic mass is 10.1. The maximum atomic E-state index is 14.0. The molecular formula is C19H18FN2O2+. The minimum atomic E-state index is -0.469. The normalized spacial score (nSPS) is 16.5. The summed E-state index contributed by atoms with van der Waals surface area (Å²) in [4.78, 5) is 0. The number of rotatable bonds is 3. The van der Waals surface area contributed by atoms with Crippen molar-refractivity contribution in [2.75, 3.05) is 0 Å². The van der Waals surface area contributed by atoms with Gasteiger partial charge in [0.2, 0.25) is 12.6 Å². The van der Waals surface area contributed by atoms with Gasteiger partial charge in [0.05, 0.1) is 13.7 Å². The summed E-state index contributed by atoms with van der Waals surface area (Å²) in [5.74, 6) is 0.443. The monoisotopic (exact) mass is 325 g/mol. The molecule has 24 heavy (non-hydrogen) atoms. The smallest absolute Gasteiger partial charge is 0.243 e. The largest absolute Gasteiger partial charge is 0.460 e. The van der Waals surface area contributed by atoms with Crippen molar-refractivity contribution in [3.05, 3.63) is 83.7 Å². The van der Waals surface area contributed by atoms with E-state index in [0.717, 1.165) is 16.7 Å². The van der Waals surface area contributed by atoms with Crippen LogP contribution in [0.2, 0.25) is 0 Å². The number of halogens is 1. The minimum absolute atomic E-state index is 0.273. The molecule has 1 aliphatic heterocycles. The summed E-state index contributed by atoms with van der Waals surface area (Å²) in [5, 5.41) is 0. The third-order valence-corrected chi connectivity index (χ3v) is 4.07. The summed E-state index contributed by atoms with van der Waals surface area (Å²) >= 11 is 0. The van der Waals surface area contributed by atoms with Crippen LogP contribution >= 0.6 is 0 Å². The molecule has 0 saturated carbocycles. The average molecular weight is 325 g/mol. The fourth-order valence-electron chi connectivity index (χ4n) is 2.96. The Balaban J connectivity index is 1.68. The first kappa shape index (κ1) is 14.9. The number of fused-ring (bicyclic) bond motifs is 1. The van der Waals surface area contributed by atoms with Crippen molar-refractivity contribution in [3.63, 3.8) is 0 Å². The number of ether oxygens (including phenoxy) is 2. The molecule has 0 N–H and O–H groups in total. The van der Waals surface area contributed by atoms with Crippen LogP contribution in [-0.2, 0) is 24.9 Å². The summed E-state index contributed by atoms with van der Waals surface area (Å²) < 4.78 is 29.7. The van der Waals surface area contributed by atoms with Crippen LogP contribution < -0.4 is 9.30 Å². The second kappa shape index (κ2) is 6.09. The first-order valence-electron chi connectivity index (χ1n) is 7.84. The fraction of sp³-hybridized carbons (Fsp3) is 0.211. The Labute approximate surface area is 139 Å². The van der Waals surface area contributed by atoms with Crippen LogP contribution in [0.1, 0.15) is 23.0 Å². The van der Waals surface area contributed by atoms with Gasteiger partial charge in [0, 0.05) is 16.7 Å². The molecule has 0 bridgehead atoms. The van der Waals surface area contributed by atoms with Crippen molar-refractivity contribution in [3.8, 4) is 5.75 Å². The highest BCUT2D eigenvalue weighted by molar-refractivity contribution is 5.43. The van der Waals surface area contributed by atoms with Crippen molar-refractivity contribution in [1.29, 1.82) is 0 Å². The zero-order valence-corrected chi connectivity index (χ0v) is 13.4. The highest BCUT2D eigenvalue weighted by atomic mass is 19.1. The molecule has 0 fully saturated rings. The number of hydrogen-bond donors (Lipinski definition) is 0. The van der Waals surface area contributed by atoms with E-state index in [0.29, 0.717) is 18.9 Å². The van der Waals surface area contributed by atoms with E-state index in [-0.39, 0.29) is 5.82 Å². The molecule has 0 radical (unpaired) electrons. The van der Waals surface area contributed by atoms with Crippen molar-refractivity contribution in [1.82, 2.24) is 4.57 Å². The Hall–Kier alpha value is -2.66. The van der Waals surface area contributed by atoms with E-state index in [1.165, 1.54) is 12.1 Å². The Morgan fingerprint density at radius 2 is 2.08 bits per heavy atom. The second-order valence-electron chi connectivity index (χ2n) is 5.98. The summed E-state index contributed by atoms with van der Waals surface area (Å²) in [7, 11) is 1.95. The average Bonchev–Trinajstić information content (AvgIpc) is 3.00. The standard InChI is InChI=1S/C19H18FN2O2/c1-21-7-8-22(13-21)11-15-9-17(20)10-16-12-23-19(24-18(15)16)14-5-3-2-4-6-14/h2-10,13,19H,11-12H2,1H3/q+1/t19-/m0/s1. The Morgan fingerprint density at radius 3 is 2.83 bits per heavy atom. The van der Waals surface area contributed by atoms with E-state index in [2.05, 4.69) is 0 Å². The van der Waals surface area contributed by atoms with Gasteiger partial charge in [0.15, 0.2) is 0 Å². The van der Waals surface area contributed by atoms with Gasteiger partial charge < -0.3 is 9.47 Å². The number of nitrogens with zero attached hydrogens (tertiary/aromatic N) is 2. The highest BCUT2D eigenvalue weighted by Crippen LogP contribution is 2.36. The summed E-state index contributed by atoms with van der Waals surface area (Å²) in [6.07, 6.45) is 5.38.